The van der Waals surface area contributed by atoms with E-state index in [-0.39, 0.29) is 0 Å². The summed E-state index contributed by atoms with van der Waals surface area (Å²) in [6.07, 6.45) is 6.73. The van der Waals surface area contributed by atoms with Crippen molar-refractivity contribution in [2.24, 2.45) is 5.73 Å². The van der Waals surface area contributed by atoms with Gasteiger partial charge in [-0.15, -0.1) is 0 Å². The topological polar surface area (TPSA) is 99.8 Å². The molecule has 0 spiro atoms. The van der Waals surface area contributed by atoms with Gasteiger partial charge < -0.3 is 11.5 Å². The van der Waals surface area contributed by atoms with Gasteiger partial charge in [-0.05, 0) is 13.3 Å². The molecule has 2 rings (SSSR count). The number of anilines is 1. The number of fused-ring (bicyclic) bond motifs is 1. The largest absolute Gasteiger partial charge is 0.398 e. The molecule has 20 heavy (non-hydrogen) atoms. The highest BCUT2D eigenvalue weighted by Gasteiger charge is 2.18. The number of carbonyl (C=O) groups excluding carboxylic acids is 1. The van der Waals surface area contributed by atoms with E-state index in [9.17, 15) is 4.79 Å². The predicted octanol–water partition coefficient (Wildman–Crippen LogP) is 1.79. The molecule has 6 nitrogen and oxygen atoms in total. The predicted molar refractivity (Wildman–Crippen MR) is 79.1 cm³/mol. The molecule has 0 aliphatic heterocycles. The fourth-order valence-electron chi connectivity index (χ4n) is 2.23. The number of aromatic nitrogens is 3. The summed E-state index contributed by atoms with van der Waals surface area (Å²) in [6, 6.07) is 0. The second-order valence-corrected chi connectivity index (χ2v) is 5.06. The van der Waals surface area contributed by atoms with Crippen molar-refractivity contribution in [3.05, 3.63) is 18.0 Å². The van der Waals surface area contributed by atoms with Crippen molar-refractivity contribution in [3.63, 3.8) is 0 Å². The Kier molecular flexibility index (Phi) is 4.22. The first-order valence-corrected chi connectivity index (χ1v) is 6.95. The average molecular weight is 275 g/mol. The lowest BCUT2D eigenvalue weighted by Gasteiger charge is -2.11. The van der Waals surface area contributed by atoms with Crippen molar-refractivity contribution in [3.8, 4) is 0 Å². The number of nitrogens with zero attached hydrogens (tertiary/aromatic N) is 3. The molecule has 0 aromatic carbocycles. The van der Waals surface area contributed by atoms with Crippen LogP contribution in [0.15, 0.2) is 12.4 Å². The molecule has 0 aliphatic rings. The molecule has 0 radical (unpaired) electrons. The minimum absolute atomic E-state index is 0.409. The SMILES string of the molecule is CCCCCn1ncc2c(N)c(C(C)C(N)=O)cnc21. The zero-order valence-electron chi connectivity index (χ0n) is 12.0. The second-order valence-electron chi connectivity index (χ2n) is 5.06. The lowest BCUT2D eigenvalue weighted by molar-refractivity contribution is -0.119. The van der Waals surface area contributed by atoms with Crippen molar-refractivity contribution < 1.29 is 4.79 Å². The Balaban J connectivity index is 2.36. The van der Waals surface area contributed by atoms with Gasteiger partial charge in [0, 0.05) is 24.0 Å². The molecule has 2 aromatic heterocycles. The number of carbonyl (C=O) groups is 1. The van der Waals surface area contributed by atoms with Crippen molar-refractivity contribution in [2.45, 2.75) is 45.6 Å². The van der Waals surface area contributed by atoms with Gasteiger partial charge >= 0.3 is 0 Å². The number of pyridine rings is 1. The fourth-order valence-corrected chi connectivity index (χ4v) is 2.23. The molecule has 108 valence electrons. The van der Waals surface area contributed by atoms with E-state index in [1.165, 1.54) is 0 Å². The summed E-state index contributed by atoms with van der Waals surface area (Å²) >= 11 is 0. The van der Waals surface area contributed by atoms with E-state index in [0.29, 0.717) is 11.3 Å². The molecule has 2 heterocycles. The van der Waals surface area contributed by atoms with Gasteiger partial charge in [0.05, 0.1) is 17.5 Å². The molecule has 1 atom stereocenters. The van der Waals surface area contributed by atoms with Gasteiger partial charge in [0.15, 0.2) is 5.65 Å². The number of primary amides is 1. The Morgan fingerprint density at radius 2 is 2.15 bits per heavy atom. The van der Waals surface area contributed by atoms with Crippen LogP contribution < -0.4 is 11.5 Å². The lowest BCUT2D eigenvalue weighted by atomic mass is 10.00. The summed E-state index contributed by atoms with van der Waals surface area (Å²) in [5, 5.41) is 5.12. The molecule has 0 bridgehead atoms. The molecule has 1 amide bonds. The lowest BCUT2D eigenvalue weighted by Crippen LogP contribution is -2.20. The highest BCUT2D eigenvalue weighted by atomic mass is 16.1. The minimum atomic E-state index is -0.449. The third-order valence-corrected chi connectivity index (χ3v) is 3.61. The number of aryl methyl sites for hydroxylation is 1. The zero-order chi connectivity index (χ0) is 14.7. The van der Waals surface area contributed by atoms with E-state index >= 15 is 0 Å². The first-order valence-electron chi connectivity index (χ1n) is 6.95. The summed E-state index contributed by atoms with van der Waals surface area (Å²) in [6.45, 7) is 4.72. The first-order chi connectivity index (χ1) is 9.56. The van der Waals surface area contributed by atoms with E-state index in [2.05, 4.69) is 17.0 Å². The Labute approximate surface area is 118 Å². The van der Waals surface area contributed by atoms with Crippen LogP contribution >= 0.6 is 0 Å². The molecule has 0 aliphatic carbocycles. The van der Waals surface area contributed by atoms with Crippen molar-refractivity contribution >= 4 is 22.6 Å². The van der Waals surface area contributed by atoms with Gasteiger partial charge in [-0.3, -0.25) is 4.79 Å². The van der Waals surface area contributed by atoms with Crippen LogP contribution in [-0.2, 0) is 11.3 Å². The quantitative estimate of drug-likeness (QED) is 0.785. The summed E-state index contributed by atoms with van der Waals surface area (Å²) in [4.78, 5) is 15.7. The van der Waals surface area contributed by atoms with Crippen LogP contribution in [0.2, 0.25) is 0 Å². The third-order valence-electron chi connectivity index (χ3n) is 3.61. The van der Waals surface area contributed by atoms with Gasteiger partial charge in [0.1, 0.15) is 0 Å². The molecule has 0 saturated heterocycles. The van der Waals surface area contributed by atoms with E-state index in [0.717, 1.165) is 36.8 Å². The Morgan fingerprint density at radius 3 is 2.80 bits per heavy atom. The van der Waals surface area contributed by atoms with E-state index in [1.54, 1.807) is 19.3 Å². The molecule has 2 aromatic rings. The molecular formula is C14H21N5O. The van der Waals surface area contributed by atoms with Crippen LogP contribution in [0.3, 0.4) is 0 Å². The highest BCUT2D eigenvalue weighted by Crippen LogP contribution is 2.28. The van der Waals surface area contributed by atoms with Crippen molar-refractivity contribution in [1.29, 1.82) is 0 Å². The van der Waals surface area contributed by atoms with Gasteiger partial charge in [0.25, 0.3) is 0 Å². The van der Waals surface area contributed by atoms with Gasteiger partial charge in [-0.1, -0.05) is 19.8 Å². The number of hydrogen-bond acceptors (Lipinski definition) is 4. The zero-order valence-corrected chi connectivity index (χ0v) is 12.0. The molecule has 0 fully saturated rings. The minimum Gasteiger partial charge on any atom is -0.398 e. The normalized spacial score (nSPS) is 12.7. The summed E-state index contributed by atoms with van der Waals surface area (Å²) in [7, 11) is 0. The molecule has 6 heteroatoms. The maximum Gasteiger partial charge on any atom is 0.224 e. The van der Waals surface area contributed by atoms with Gasteiger partial charge in [-0.25, -0.2) is 9.67 Å². The number of unbranched alkanes of at least 4 members (excludes halogenated alkanes) is 2. The summed E-state index contributed by atoms with van der Waals surface area (Å²) in [5.41, 5.74) is 13.4. The molecular weight excluding hydrogens is 254 g/mol. The van der Waals surface area contributed by atoms with Gasteiger partial charge in [-0.2, -0.15) is 5.10 Å². The van der Waals surface area contributed by atoms with E-state index < -0.39 is 11.8 Å². The van der Waals surface area contributed by atoms with Crippen LogP contribution in [0.4, 0.5) is 5.69 Å². The molecule has 1 unspecified atom stereocenters. The number of rotatable bonds is 6. The maximum atomic E-state index is 11.3. The summed E-state index contributed by atoms with van der Waals surface area (Å²) < 4.78 is 1.86. The highest BCUT2D eigenvalue weighted by molar-refractivity contribution is 5.92. The van der Waals surface area contributed by atoms with Crippen LogP contribution in [0.25, 0.3) is 11.0 Å². The van der Waals surface area contributed by atoms with E-state index in [1.807, 2.05) is 4.68 Å². The molecule has 0 saturated carbocycles. The standard InChI is InChI=1S/C14H21N5O/c1-3-4-5-6-19-14-11(8-18-19)12(15)10(7-17-14)9(2)13(16)20/h7-9H,3-6H2,1-2H3,(H2,15,17)(H2,16,20). The fraction of sp³-hybridized carbons (Fsp3) is 0.500. The number of hydrogen-bond donors (Lipinski definition) is 2. The first kappa shape index (κ1) is 14.3. The van der Waals surface area contributed by atoms with Gasteiger partial charge in [0.2, 0.25) is 5.91 Å². The third kappa shape index (κ3) is 2.59. The number of nitrogens with two attached hydrogens (primary N) is 2. The summed E-state index contributed by atoms with van der Waals surface area (Å²) in [5.74, 6) is -0.858. The number of amides is 1. The second kappa shape index (κ2) is 5.90. The molecule has 4 N–H and O–H groups in total. The average Bonchev–Trinajstić information content (AvgIpc) is 2.83. The van der Waals surface area contributed by atoms with Crippen molar-refractivity contribution in [2.75, 3.05) is 5.73 Å². The van der Waals surface area contributed by atoms with Crippen LogP contribution in [-0.4, -0.2) is 20.7 Å². The van der Waals surface area contributed by atoms with E-state index in [4.69, 9.17) is 11.5 Å². The maximum absolute atomic E-state index is 11.3. The Morgan fingerprint density at radius 1 is 1.40 bits per heavy atom. The van der Waals surface area contributed by atoms with Crippen LogP contribution in [0, 0.1) is 0 Å². The number of nitrogen functional groups attached to an aromatic ring is 1. The van der Waals surface area contributed by atoms with Crippen molar-refractivity contribution in [1.82, 2.24) is 14.8 Å². The smallest absolute Gasteiger partial charge is 0.224 e. The Hall–Kier alpha value is -2.11. The van der Waals surface area contributed by atoms with Crippen LogP contribution in [0.1, 0.15) is 44.6 Å². The Bertz CT molecular complexity index is 619. The monoisotopic (exact) mass is 275 g/mol. The van der Waals surface area contributed by atoms with Crippen LogP contribution in [0.5, 0.6) is 0 Å².